The molecule has 1 aliphatic heterocycles. The van der Waals surface area contributed by atoms with E-state index in [1.165, 1.54) is 6.07 Å². The maximum absolute atomic E-state index is 14.4. The first kappa shape index (κ1) is 36.5. The van der Waals surface area contributed by atoms with Crippen LogP contribution in [0.4, 0.5) is 5.82 Å². The molecule has 2 atom stereocenters. The number of aryl methyl sites for hydroxylation is 2. The first-order valence-corrected chi connectivity index (χ1v) is 18.8. The van der Waals surface area contributed by atoms with Crippen molar-refractivity contribution in [2.45, 2.75) is 70.1 Å². The molecule has 2 aliphatic rings. The van der Waals surface area contributed by atoms with Crippen LogP contribution in [0.5, 0.6) is 28.7 Å². The van der Waals surface area contributed by atoms with Crippen molar-refractivity contribution in [1.29, 1.82) is 0 Å². The summed E-state index contributed by atoms with van der Waals surface area (Å²) < 4.78 is 5.72. The fourth-order valence-electron chi connectivity index (χ4n) is 8.09. The number of hydrogen-bond donors (Lipinski definition) is 7. The number of phenolic OH excluding ortho intramolecular Hbond substituents is 4. The van der Waals surface area contributed by atoms with Crippen molar-refractivity contribution >= 4 is 23.5 Å². The number of anilines is 1. The van der Waals surface area contributed by atoms with Crippen molar-refractivity contribution in [2.75, 3.05) is 18.5 Å². The molecule has 0 amide bonds. The highest BCUT2D eigenvalue weighted by molar-refractivity contribution is 6.02. The molecule has 3 heterocycles. The zero-order valence-electron chi connectivity index (χ0n) is 30.2. The number of phenols is 4. The Bertz CT molecular complexity index is 2160. The summed E-state index contributed by atoms with van der Waals surface area (Å²) in [6, 6.07) is 19.6. The lowest BCUT2D eigenvalue weighted by Gasteiger charge is -2.32. The van der Waals surface area contributed by atoms with Gasteiger partial charge in [0, 0.05) is 49.0 Å². The molecule has 10 nitrogen and oxygen atoms in total. The lowest BCUT2D eigenvalue weighted by atomic mass is 9.71. The molecule has 7 N–H and O–H groups in total. The Kier molecular flexibility index (Phi) is 11.1. The minimum Gasteiger partial charge on any atom is -0.508 e. The van der Waals surface area contributed by atoms with Crippen molar-refractivity contribution < 1.29 is 34.8 Å². The Morgan fingerprint density at radius 1 is 0.833 bits per heavy atom. The summed E-state index contributed by atoms with van der Waals surface area (Å²) in [4.78, 5) is 34.6. The molecular weight excluding hydrogens is 682 g/mol. The van der Waals surface area contributed by atoms with E-state index in [9.17, 15) is 30.0 Å². The Labute approximate surface area is 314 Å². The predicted octanol–water partition coefficient (Wildman–Crippen LogP) is 7.86. The number of aromatic amines is 2. The molecule has 0 spiro atoms. The Morgan fingerprint density at radius 2 is 1.69 bits per heavy atom. The van der Waals surface area contributed by atoms with Crippen molar-refractivity contribution in [3.05, 3.63) is 124 Å². The predicted molar refractivity (Wildman–Crippen MR) is 207 cm³/mol. The summed E-state index contributed by atoms with van der Waals surface area (Å²) in [6.45, 7) is 0.925. The molecule has 0 bridgehead atoms. The van der Waals surface area contributed by atoms with Gasteiger partial charge in [-0.1, -0.05) is 30.7 Å². The Hall–Kier alpha value is -5.90. The summed E-state index contributed by atoms with van der Waals surface area (Å²) in [5.41, 5.74) is 7.70. The third-order valence-electron chi connectivity index (χ3n) is 10.8. The minimum absolute atomic E-state index is 0.0970. The number of benzene rings is 3. The van der Waals surface area contributed by atoms with Crippen molar-refractivity contribution in [3.8, 4) is 28.7 Å². The van der Waals surface area contributed by atoms with Gasteiger partial charge in [0.15, 0.2) is 23.0 Å². The second kappa shape index (κ2) is 16.4. The van der Waals surface area contributed by atoms with Crippen molar-refractivity contribution in [3.63, 3.8) is 0 Å². The molecule has 280 valence electrons. The summed E-state index contributed by atoms with van der Waals surface area (Å²) in [5, 5.41) is 43.6. The molecule has 7 rings (SSSR count). The van der Waals surface area contributed by atoms with E-state index < -0.39 is 5.92 Å². The van der Waals surface area contributed by atoms with Gasteiger partial charge in [-0.05, 0) is 126 Å². The molecule has 0 saturated carbocycles. The van der Waals surface area contributed by atoms with Crippen LogP contribution in [0, 0.1) is 5.92 Å². The average molecular weight is 730 g/mol. The molecule has 1 aliphatic carbocycles. The van der Waals surface area contributed by atoms with E-state index in [1.54, 1.807) is 30.3 Å². The SMILES string of the molecule is O=C(CCc1ccc(O)c2c1CCCO2)CC(=O)[C@@H]1C(CNc2[nH]ccc2Cc2ccc(O)c(O)c2)=Cc2[nH]ccc2[C@H]1CCCCc1cccc(O)c1. The lowest BCUT2D eigenvalue weighted by molar-refractivity contribution is -0.129. The number of Topliss-reactive ketones (excluding diaryl/α,β-unsaturated/α-hetero) is 2. The van der Waals surface area contributed by atoms with Crippen LogP contribution in [0.1, 0.15) is 83.5 Å². The molecule has 54 heavy (non-hydrogen) atoms. The first-order valence-electron chi connectivity index (χ1n) is 18.8. The summed E-state index contributed by atoms with van der Waals surface area (Å²) in [5.74, 6) is 0.470. The maximum Gasteiger partial charge on any atom is 0.164 e. The number of aromatic nitrogens is 2. The summed E-state index contributed by atoms with van der Waals surface area (Å²) in [7, 11) is 0. The van der Waals surface area contributed by atoms with E-state index >= 15 is 0 Å². The lowest BCUT2D eigenvalue weighted by Crippen LogP contribution is -2.31. The quantitative estimate of drug-likeness (QED) is 0.0306. The van der Waals surface area contributed by atoms with Crippen molar-refractivity contribution in [2.24, 2.45) is 5.92 Å². The number of unbranched alkanes of at least 4 members (excludes halogenated alkanes) is 1. The largest absolute Gasteiger partial charge is 0.508 e. The van der Waals surface area contributed by atoms with E-state index in [0.717, 1.165) is 89.0 Å². The third-order valence-corrected chi connectivity index (χ3v) is 10.8. The molecular formula is C44H47N3O7. The average Bonchev–Trinajstić information content (AvgIpc) is 3.83. The zero-order valence-corrected chi connectivity index (χ0v) is 30.2. The zero-order chi connectivity index (χ0) is 37.6. The van der Waals surface area contributed by atoms with Gasteiger partial charge in [0.1, 0.15) is 23.1 Å². The number of ketones is 2. The van der Waals surface area contributed by atoms with E-state index in [0.29, 0.717) is 31.7 Å². The van der Waals surface area contributed by atoms with Gasteiger partial charge in [0.2, 0.25) is 0 Å². The van der Waals surface area contributed by atoms with Gasteiger partial charge in [-0.25, -0.2) is 0 Å². The molecule has 0 unspecified atom stereocenters. The van der Waals surface area contributed by atoms with Gasteiger partial charge in [-0.3, -0.25) is 9.59 Å². The minimum atomic E-state index is -0.507. The number of hydrogen-bond acceptors (Lipinski definition) is 8. The van der Waals surface area contributed by atoms with Crippen LogP contribution < -0.4 is 10.1 Å². The molecule has 10 heteroatoms. The van der Waals surface area contributed by atoms with Gasteiger partial charge in [-0.15, -0.1) is 0 Å². The van der Waals surface area contributed by atoms with Gasteiger partial charge in [0.05, 0.1) is 13.0 Å². The van der Waals surface area contributed by atoms with Crippen LogP contribution in [0.15, 0.2) is 84.7 Å². The van der Waals surface area contributed by atoms with Crippen LogP contribution in [0.25, 0.3) is 6.08 Å². The first-order chi connectivity index (χ1) is 26.2. The van der Waals surface area contributed by atoms with Gasteiger partial charge >= 0.3 is 0 Å². The monoisotopic (exact) mass is 729 g/mol. The van der Waals surface area contributed by atoms with Crippen LogP contribution >= 0.6 is 0 Å². The number of ether oxygens (including phenoxy) is 1. The van der Waals surface area contributed by atoms with Gasteiger partial charge < -0.3 is 40.4 Å². The van der Waals surface area contributed by atoms with E-state index in [-0.39, 0.29) is 53.3 Å². The molecule has 2 aromatic heterocycles. The van der Waals surface area contributed by atoms with Gasteiger partial charge in [-0.2, -0.15) is 0 Å². The fraction of sp³-hybridized carbons (Fsp3) is 0.318. The molecule has 0 fully saturated rings. The summed E-state index contributed by atoms with van der Waals surface area (Å²) in [6.07, 6.45) is 11.7. The number of aromatic hydroxyl groups is 4. The highest BCUT2D eigenvalue weighted by atomic mass is 16.5. The molecule has 5 aromatic rings. The highest BCUT2D eigenvalue weighted by Crippen LogP contribution is 2.43. The number of carbonyl (C=O) groups is 2. The van der Waals surface area contributed by atoms with Crippen LogP contribution in [0.2, 0.25) is 0 Å². The Balaban J connectivity index is 1.08. The number of nitrogens with one attached hydrogen (secondary N) is 3. The van der Waals surface area contributed by atoms with Crippen LogP contribution in [0.3, 0.4) is 0 Å². The third kappa shape index (κ3) is 8.33. The summed E-state index contributed by atoms with van der Waals surface area (Å²) >= 11 is 0. The van der Waals surface area contributed by atoms with Crippen LogP contribution in [-0.2, 0) is 35.3 Å². The number of fused-ring (bicyclic) bond motifs is 2. The van der Waals surface area contributed by atoms with E-state index in [2.05, 4.69) is 15.3 Å². The smallest absolute Gasteiger partial charge is 0.164 e. The number of carbonyl (C=O) groups excluding carboxylic acids is 2. The standard InChI is InChI=1S/C44H47N3O7/c48-32-7-3-6-27(22-32)5-1-2-8-36-35-17-19-45-37(35)24-31(26-47-44-30(16-18-46-44)21-28-10-14-38(50)40(52)23-28)42(36)41(53)25-33(49)13-11-29-12-15-39(51)43-34(29)9-4-20-54-43/h3,6-7,10,12,14-19,22-24,36,42,45-48,50-52H,1-2,4-5,8-9,11,13,20-21,25-26H2/t36-,42-/m1/s1. The highest BCUT2D eigenvalue weighted by Gasteiger charge is 2.37. The maximum atomic E-state index is 14.4. The second-order valence-electron chi connectivity index (χ2n) is 14.5. The molecule has 0 saturated heterocycles. The van der Waals surface area contributed by atoms with E-state index in [1.807, 2.05) is 48.8 Å². The van der Waals surface area contributed by atoms with E-state index in [4.69, 9.17) is 4.74 Å². The second-order valence-corrected chi connectivity index (χ2v) is 14.5. The normalized spacial score (nSPS) is 16.2. The fourth-order valence-corrected chi connectivity index (χ4v) is 8.09. The van der Waals surface area contributed by atoms with Crippen LogP contribution in [-0.4, -0.2) is 55.1 Å². The Morgan fingerprint density at radius 3 is 2.54 bits per heavy atom. The topological polar surface area (TPSA) is 168 Å². The number of rotatable bonds is 16. The molecule has 3 aromatic carbocycles. The number of H-pyrrole nitrogens is 2. The van der Waals surface area contributed by atoms with Crippen molar-refractivity contribution in [1.82, 2.24) is 9.97 Å². The van der Waals surface area contributed by atoms with Gasteiger partial charge in [0.25, 0.3) is 0 Å². The molecule has 0 radical (unpaired) electrons.